The first kappa shape index (κ1) is 11.1. The Kier molecular flexibility index (Phi) is 21.8. The van der Waals surface area contributed by atoms with Crippen LogP contribution in [0.2, 0.25) is 0 Å². The first-order chi connectivity index (χ1) is 3.91. The van der Waals surface area contributed by atoms with Gasteiger partial charge in [-0.1, -0.05) is 19.8 Å². The zero-order chi connectivity index (χ0) is 6.83. The molecule has 0 aliphatic heterocycles. The van der Waals surface area contributed by atoms with Crippen molar-refractivity contribution < 1.29 is 5.11 Å². The van der Waals surface area contributed by atoms with Crippen LogP contribution in [0.3, 0.4) is 0 Å². The minimum Gasteiger partial charge on any atom is -0.240 e. The van der Waals surface area contributed by atoms with Crippen LogP contribution in [-0.4, -0.2) is 13.0 Å². The molecule has 2 heteroatoms. The molecule has 0 aliphatic rings. The number of halogens is 1. The van der Waals surface area contributed by atoms with Crippen molar-refractivity contribution in [3.63, 3.8) is 0 Å². The fourth-order valence-electron chi connectivity index (χ4n) is 0.344. The summed E-state index contributed by atoms with van der Waals surface area (Å²) in [5.74, 6) is 0.827. The summed E-state index contributed by atoms with van der Waals surface area (Å²) in [7, 11) is 0.750. The second-order valence-electron chi connectivity index (χ2n) is 1.40. The quantitative estimate of drug-likeness (QED) is 0.421. The van der Waals surface area contributed by atoms with Crippen LogP contribution in [0.5, 0.6) is 0 Å². The van der Waals surface area contributed by atoms with E-state index in [4.69, 9.17) is 16.7 Å². The molecule has 0 spiro atoms. The van der Waals surface area contributed by atoms with E-state index >= 15 is 0 Å². The van der Waals surface area contributed by atoms with Gasteiger partial charge in [0.25, 0.3) is 0 Å². The summed E-state index contributed by atoms with van der Waals surface area (Å²) in [6.07, 6.45) is 3.73. The summed E-state index contributed by atoms with van der Waals surface area (Å²) in [6, 6.07) is 0. The highest BCUT2D eigenvalue weighted by Gasteiger charge is 1.76. The predicted molar refractivity (Wildman–Crippen MR) is 36.9 cm³/mol. The molecule has 0 aromatic carbocycles. The molecule has 0 fully saturated rings. The molecule has 0 aliphatic carbocycles. The molecule has 0 rings (SSSR count). The predicted octanol–water partition coefficient (Wildman–Crippen LogP) is 2.46. The number of hydrogen-bond acceptors (Lipinski definition) is 0. The summed E-state index contributed by atoms with van der Waals surface area (Å²) in [6.45, 7) is 2.17. The number of unbranched alkanes of at least 4 members (excludes halogenated alkanes) is 2. The molecule has 0 aromatic heterocycles. The standard InChI is InChI=1S/C5H11Cl.CH3O/c1-2-3-4-5-6;1-2/h2-5H2,1H3;1H3. The van der Waals surface area contributed by atoms with Crippen LogP contribution in [0.15, 0.2) is 0 Å². The van der Waals surface area contributed by atoms with Gasteiger partial charge in [-0.15, -0.1) is 11.6 Å². The van der Waals surface area contributed by atoms with E-state index in [1.54, 1.807) is 0 Å². The van der Waals surface area contributed by atoms with Crippen molar-refractivity contribution in [3.8, 4) is 0 Å². The molecule has 8 heavy (non-hydrogen) atoms. The SMILES string of the molecule is CCCCCCl.C[O]. The zero-order valence-electron chi connectivity index (χ0n) is 5.61. The molecule has 0 saturated carbocycles. The van der Waals surface area contributed by atoms with Gasteiger partial charge in [0.2, 0.25) is 0 Å². The summed E-state index contributed by atoms with van der Waals surface area (Å²) >= 11 is 5.38. The Balaban J connectivity index is 0. The molecular formula is C6H14ClO. The van der Waals surface area contributed by atoms with Gasteiger partial charge in [0.1, 0.15) is 0 Å². The van der Waals surface area contributed by atoms with Gasteiger partial charge in [-0.25, -0.2) is 5.11 Å². The Morgan fingerprint density at radius 2 is 1.75 bits per heavy atom. The molecule has 0 N–H and O–H groups in total. The second kappa shape index (κ2) is 15.7. The lowest BCUT2D eigenvalue weighted by molar-refractivity contribution is 0.282. The molecule has 1 nitrogen and oxygen atoms in total. The molecule has 0 aromatic rings. The summed E-state index contributed by atoms with van der Waals surface area (Å²) in [5.41, 5.74) is 0. The van der Waals surface area contributed by atoms with Crippen molar-refractivity contribution in [1.82, 2.24) is 0 Å². The van der Waals surface area contributed by atoms with Crippen LogP contribution < -0.4 is 0 Å². The second-order valence-corrected chi connectivity index (χ2v) is 1.77. The maximum atomic E-state index is 8.25. The monoisotopic (exact) mass is 137 g/mol. The topological polar surface area (TPSA) is 19.9 Å². The van der Waals surface area contributed by atoms with Gasteiger partial charge in [0.15, 0.2) is 0 Å². The van der Waals surface area contributed by atoms with Crippen molar-refractivity contribution >= 4 is 11.6 Å². The van der Waals surface area contributed by atoms with Crippen LogP contribution in [0, 0.1) is 0 Å². The van der Waals surface area contributed by atoms with Crippen LogP contribution in [-0.2, 0) is 5.11 Å². The highest BCUT2D eigenvalue weighted by atomic mass is 35.5. The van der Waals surface area contributed by atoms with Gasteiger partial charge in [0.05, 0.1) is 7.11 Å². The molecule has 0 amide bonds. The molecule has 0 saturated heterocycles. The van der Waals surface area contributed by atoms with Gasteiger partial charge in [-0.3, -0.25) is 0 Å². The Labute approximate surface area is 56.7 Å². The summed E-state index contributed by atoms with van der Waals surface area (Å²) in [4.78, 5) is 0. The minimum absolute atomic E-state index is 0.750. The molecule has 1 radical (unpaired) electrons. The third-order valence-electron chi connectivity index (χ3n) is 0.737. The van der Waals surface area contributed by atoms with Crippen molar-refractivity contribution in [1.29, 1.82) is 0 Å². The molecule has 0 bridgehead atoms. The van der Waals surface area contributed by atoms with E-state index in [-0.39, 0.29) is 0 Å². The lowest BCUT2D eigenvalue weighted by Gasteiger charge is -1.84. The van der Waals surface area contributed by atoms with Crippen LogP contribution in [0.25, 0.3) is 0 Å². The lowest BCUT2D eigenvalue weighted by atomic mass is 10.3. The smallest absolute Gasteiger partial charge is 0.0712 e. The Morgan fingerprint density at radius 1 is 1.25 bits per heavy atom. The van der Waals surface area contributed by atoms with Crippen molar-refractivity contribution in [3.05, 3.63) is 0 Å². The maximum Gasteiger partial charge on any atom is 0.0712 e. The Bertz CT molecular complexity index is 20.5. The number of alkyl halides is 1. The van der Waals surface area contributed by atoms with E-state index in [2.05, 4.69) is 6.92 Å². The normalized spacial score (nSPS) is 7.50. The van der Waals surface area contributed by atoms with Gasteiger partial charge in [-0.2, -0.15) is 0 Å². The average molecular weight is 138 g/mol. The highest BCUT2D eigenvalue weighted by molar-refractivity contribution is 6.17. The first-order valence-corrected chi connectivity index (χ1v) is 3.42. The summed E-state index contributed by atoms with van der Waals surface area (Å²) in [5, 5.41) is 8.25. The van der Waals surface area contributed by atoms with Crippen molar-refractivity contribution in [2.75, 3.05) is 13.0 Å². The van der Waals surface area contributed by atoms with E-state index in [9.17, 15) is 0 Å². The number of hydrogen-bond donors (Lipinski definition) is 0. The third kappa shape index (κ3) is 16.3. The van der Waals surface area contributed by atoms with Gasteiger partial charge < -0.3 is 0 Å². The molecule has 51 valence electrons. The number of rotatable bonds is 3. The fourth-order valence-corrected chi connectivity index (χ4v) is 0.533. The minimum atomic E-state index is 0.750. The third-order valence-corrected chi connectivity index (χ3v) is 1.00. The van der Waals surface area contributed by atoms with Crippen LogP contribution in [0.4, 0.5) is 0 Å². The highest BCUT2D eigenvalue weighted by Crippen LogP contribution is 1.93. The first-order valence-electron chi connectivity index (χ1n) is 2.88. The van der Waals surface area contributed by atoms with E-state index < -0.39 is 0 Å². The lowest BCUT2D eigenvalue weighted by Crippen LogP contribution is -1.70. The molecule has 0 atom stereocenters. The van der Waals surface area contributed by atoms with Gasteiger partial charge in [-0.05, 0) is 6.42 Å². The fraction of sp³-hybridized carbons (Fsp3) is 1.00. The average Bonchev–Trinajstić information content (AvgIpc) is 1.88. The summed E-state index contributed by atoms with van der Waals surface area (Å²) < 4.78 is 0. The largest absolute Gasteiger partial charge is 0.240 e. The van der Waals surface area contributed by atoms with Crippen molar-refractivity contribution in [2.45, 2.75) is 26.2 Å². The Morgan fingerprint density at radius 3 is 1.88 bits per heavy atom. The van der Waals surface area contributed by atoms with Gasteiger partial charge >= 0.3 is 0 Å². The molecule has 0 heterocycles. The molecule has 0 unspecified atom stereocenters. The Hall–Kier alpha value is 0.250. The maximum absolute atomic E-state index is 8.25. The van der Waals surface area contributed by atoms with E-state index in [0.29, 0.717) is 0 Å². The van der Waals surface area contributed by atoms with Crippen LogP contribution in [0.1, 0.15) is 26.2 Å². The van der Waals surface area contributed by atoms with Crippen LogP contribution >= 0.6 is 11.6 Å². The van der Waals surface area contributed by atoms with E-state index in [1.807, 2.05) is 0 Å². The van der Waals surface area contributed by atoms with Crippen molar-refractivity contribution in [2.24, 2.45) is 0 Å². The van der Waals surface area contributed by atoms with Gasteiger partial charge in [0, 0.05) is 5.88 Å². The molecular weight excluding hydrogens is 124 g/mol. The van der Waals surface area contributed by atoms with E-state index in [1.165, 1.54) is 19.3 Å². The zero-order valence-corrected chi connectivity index (χ0v) is 6.37. The van der Waals surface area contributed by atoms with E-state index in [0.717, 1.165) is 13.0 Å².